The molecule has 8 nitrogen and oxygen atoms in total. The van der Waals surface area contributed by atoms with Crippen molar-refractivity contribution in [2.45, 2.75) is 44.0 Å². The normalized spacial score (nSPS) is 22.2. The lowest BCUT2D eigenvalue weighted by atomic mass is 9.78. The topological polar surface area (TPSA) is 102 Å². The van der Waals surface area contributed by atoms with E-state index in [-0.39, 0.29) is 28.2 Å². The molecule has 29 heavy (non-hydrogen) atoms. The Morgan fingerprint density at radius 2 is 1.90 bits per heavy atom. The van der Waals surface area contributed by atoms with E-state index >= 15 is 0 Å². The van der Waals surface area contributed by atoms with Crippen LogP contribution in [-0.4, -0.2) is 58.5 Å². The van der Waals surface area contributed by atoms with Crippen LogP contribution in [0.4, 0.5) is 0 Å². The van der Waals surface area contributed by atoms with Gasteiger partial charge >= 0.3 is 5.97 Å². The molecule has 0 bridgehead atoms. The van der Waals surface area contributed by atoms with E-state index in [2.05, 4.69) is 19.2 Å². The van der Waals surface area contributed by atoms with Crippen LogP contribution in [0.1, 0.15) is 43.5 Å². The molecule has 0 aliphatic heterocycles. The molecule has 1 aromatic carbocycles. The first-order chi connectivity index (χ1) is 13.6. The molecule has 0 spiro atoms. The average molecular weight is 427 g/mol. The third-order valence-electron chi connectivity index (χ3n) is 5.55. The summed E-state index contributed by atoms with van der Waals surface area (Å²) in [6, 6.07) is 4.05. The molecule has 0 unspecified atom stereocenters. The van der Waals surface area contributed by atoms with Crippen molar-refractivity contribution in [1.82, 2.24) is 9.62 Å². The van der Waals surface area contributed by atoms with Crippen molar-refractivity contribution in [2.75, 3.05) is 27.8 Å². The molecule has 0 aromatic heterocycles. The highest BCUT2D eigenvalue weighted by molar-refractivity contribution is 7.89. The van der Waals surface area contributed by atoms with Gasteiger partial charge in [-0.25, -0.2) is 17.5 Å². The van der Waals surface area contributed by atoms with Crippen LogP contribution < -0.4 is 10.1 Å². The summed E-state index contributed by atoms with van der Waals surface area (Å²) in [7, 11) is 0.303. The van der Waals surface area contributed by atoms with Gasteiger partial charge < -0.3 is 14.8 Å². The molecule has 1 aliphatic carbocycles. The van der Waals surface area contributed by atoms with E-state index in [1.165, 1.54) is 39.4 Å². The van der Waals surface area contributed by atoms with Crippen molar-refractivity contribution in [3.05, 3.63) is 23.8 Å². The van der Waals surface area contributed by atoms with Gasteiger partial charge in [0.2, 0.25) is 10.0 Å². The number of benzene rings is 1. The maximum atomic E-state index is 12.5. The Bertz CT molecular complexity index is 853. The van der Waals surface area contributed by atoms with Crippen LogP contribution >= 0.6 is 0 Å². The zero-order chi connectivity index (χ0) is 21.8. The first kappa shape index (κ1) is 23.2. The summed E-state index contributed by atoms with van der Waals surface area (Å²) in [5, 5.41) is 2.94. The van der Waals surface area contributed by atoms with Gasteiger partial charge in [-0.05, 0) is 36.5 Å². The van der Waals surface area contributed by atoms with Crippen molar-refractivity contribution in [3.63, 3.8) is 0 Å². The summed E-state index contributed by atoms with van der Waals surface area (Å²) >= 11 is 0. The molecule has 3 atom stereocenters. The number of nitrogens with one attached hydrogen (secondary N) is 1. The molecule has 1 aromatic rings. The lowest BCUT2D eigenvalue weighted by Gasteiger charge is -2.34. The second-order valence-electron chi connectivity index (χ2n) is 7.67. The minimum absolute atomic E-state index is 0.0266. The number of hydrogen-bond acceptors (Lipinski definition) is 6. The fourth-order valence-electron chi connectivity index (χ4n) is 3.45. The predicted octanol–water partition coefficient (Wildman–Crippen LogP) is 2.04. The van der Waals surface area contributed by atoms with Gasteiger partial charge in [-0.3, -0.25) is 4.79 Å². The number of rotatable bonds is 7. The maximum absolute atomic E-state index is 12.5. The van der Waals surface area contributed by atoms with Crippen molar-refractivity contribution in [3.8, 4) is 5.75 Å². The lowest BCUT2D eigenvalue weighted by molar-refractivity contribution is -0.125. The molecule has 9 heteroatoms. The first-order valence-electron chi connectivity index (χ1n) is 9.65. The van der Waals surface area contributed by atoms with Gasteiger partial charge in [0.05, 0.1) is 12.7 Å². The zero-order valence-corrected chi connectivity index (χ0v) is 18.4. The Morgan fingerprint density at radius 3 is 2.52 bits per heavy atom. The van der Waals surface area contributed by atoms with Crippen LogP contribution in [0.25, 0.3) is 0 Å². The van der Waals surface area contributed by atoms with E-state index in [9.17, 15) is 18.0 Å². The Kier molecular flexibility index (Phi) is 7.65. The van der Waals surface area contributed by atoms with Crippen LogP contribution in [0.3, 0.4) is 0 Å². The second-order valence-corrected chi connectivity index (χ2v) is 9.79. The molecule has 1 aliphatic rings. The summed E-state index contributed by atoms with van der Waals surface area (Å²) in [6.45, 7) is 3.87. The molecule has 0 saturated heterocycles. The van der Waals surface area contributed by atoms with Crippen molar-refractivity contribution in [2.24, 2.45) is 11.8 Å². The minimum Gasteiger partial charge on any atom is -0.495 e. The molecular formula is C20H30N2O6S. The van der Waals surface area contributed by atoms with Gasteiger partial charge in [0.25, 0.3) is 5.91 Å². The molecule has 1 fully saturated rings. The number of amides is 1. The fourth-order valence-corrected chi connectivity index (χ4v) is 4.53. The van der Waals surface area contributed by atoms with Crippen molar-refractivity contribution >= 4 is 21.9 Å². The Balaban J connectivity index is 2.04. The highest BCUT2D eigenvalue weighted by Gasteiger charge is 2.28. The number of esters is 1. The number of nitrogens with zero attached hydrogens (tertiary/aromatic N) is 1. The second kappa shape index (κ2) is 9.58. The van der Waals surface area contributed by atoms with Gasteiger partial charge in [-0.15, -0.1) is 0 Å². The smallest absolute Gasteiger partial charge is 0.338 e. The van der Waals surface area contributed by atoms with Crippen molar-refractivity contribution < 1.29 is 27.5 Å². The van der Waals surface area contributed by atoms with Crippen LogP contribution in [0.2, 0.25) is 0 Å². The number of carbonyl (C=O) groups excluding carboxylic acids is 2. The Hall–Kier alpha value is -2.13. The number of hydrogen-bond donors (Lipinski definition) is 1. The minimum atomic E-state index is -3.82. The quantitative estimate of drug-likeness (QED) is 0.670. The molecular weight excluding hydrogens is 396 g/mol. The van der Waals surface area contributed by atoms with Gasteiger partial charge in [-0.2, -0.15) is 0 Å². The SMILES string of the molecule is COc1ccc(C(=O)OCC(=O)N[C@@H]2CCC[C@H](C)[C@H]2C)cc1S(=O)(=O)N(C)C. The number of sulfonamides is 1. The van der Waals surface area contributed by atoms with Gasteiger partial charge in [0.1, 0.15) is 10.6 Å². The van der Waals surface area contributed by atoms with Crippen LogP contribution in [0.15, 0.2) is 23.1 Å². The highest BCUT2D eigenvalue weighted by atomic mass is 32.2. The Morgan fingerprint density at radius 1 is 1.21 bits per heavy atom. The maximum Gasteiger partial charge on any atom is 0.338 e. The Labute approximate surface area is 172 Å². The number of ether oxygens (including phenoxy) is 2. The molecule has 0 heterocycles. The average Bonchev–Trinajstić information content (AvgIpc) is 2.69. The largest absolute Gasteiger partial charge is 0.495 e. The lowest BCUT2D eigenvalue weighted by Crippen LogP contribution is -2.45. The standard InChI is InChI=1S/C20H30N2O6S/c1-13-7-6-8-16(14(13)2)21-19(23)12-28-20(24)15-9-10-17(27-5)18(11-15)29(25,26)22(3)4/h9-11,13-14,16H,6-8,12H2,1-5H3,(H,21,23)/t13-,14+,16+/m0/s1. The molecule has 2 rings (SSSR count). The summed E-state index contributed by atoms with van der Waals surface area (Å²) < 4.78 is 36.1. The van der Waals surface area contributed by atoms with E-state index in [0.717, 1.165) is 23.6 Å². The summed E-state index contributed by atoms with van der Waals surface area (Å²) in [5.41, 5.74) is 0.0266. The molecule has 1 amide bonds. The molecule has 1 N–H and O–H groups in total. The molecule has 162 valence electrons. The third kappa shape index (κ3) is 5.48. The van der Waals surface area contributed by atoms with Crippen molar-refractivity contribution in [1.29, 1.82) is 0 Å². The number of carbonyl (C=O) groups is 2. The summed E-state index contributed by atoms with van der Waals surface area (Å²) in [5.74, 6) is -0.118. The van der Waals surface area contributed by atoms with Gasteiger partial charge in [0.15, 0.2) is 6.61 Å². The van der Waals surface area contributed by atoms with Crippen LogP contribution in [0.5, 0.6) is 5.75 Å². The molecule has 1 saturated carbocycles. The first-order valence-corrected chi connectivity index (χ1v) is 11.1. The van der Waals surface area contributed by atoms with E-state index in [1.54, 1.807) is 0 Å². The molecule has 0 radical (unpaired) electrons. The van der Waals surface area contributed by atoms with E-state index in [4.69, 9.17) is 9.47 Å². The van der Waals surface area contributed by atoms with E-state index in [1.807, 2.05) is 0 Å². The zero-order valence-electron chi connectivity index (χ0n) is 17.6. The van der Waals surface area contributed by atoms with E-state index < -0.39 is 22.6 Å². The van der Waals surface area contributed by atoms with Gasteiger partial charge in [0, 0.05) is 20.1 Å². The van der Waals surface area contributed by atoms with Gasteiger partial charge in [-0.1, -0.05) is 26.7 Å². The third-order valence-corrected chi connectivity index (χ3v) is 7.38. The predicted molar refractivity (Wildman–Crippen MR) is 108 cm³/mol. The highest BCUT2D eigenvalue weighted by Crippen LogP contribution is 2.29. The summed E-state index contributed by atoms with van der Waals surface area (Å²) in [6.07, 6.45) is 3.12. The van der Waals surface area contributed by atoms with Crippen LogP contribution in [0, 0.1) is 11.8 Å². The van der Waals surface area contributed by atoms with Crippen LogP contribution in [-0.2, 0) is 19.6 Å². The number of methoxy groups -OCH3 is 1. The summed E-state index contributed by atoms with van der Waals surface area (Å²) in [4.78, 5) is 24.4. The fraction of sp³-hybridized carbons (Fsp3) is 0.600. The monoisotopic (exact) mass is 426 g/mol. The van der Waals surface area contributed by atoms with E-state index in [0.29, 0.717) is 11.8 Å².